The molecule has 1 nitrogen and oxygen atoms in total. The van der Waals surface area contributed by atoms with Crippen LogP contribution in [0.15, 0.2) is 0 Å². The first-order valence-electron chi connectivity index (χ1n) is 6.48. The predicted octanol–water partition coefficient (Wildman–Crippen LogP) is 3.20. The van der Waals surface area contributed by atoms with Crippen molar-refractivity contribution in [3.8, 4) is 0 Å². The highest BCUT2D eigenvalue weighted by Crippen LogP contribution is 2.44. The highest BCUT2D eigenvalue weighted by Gasteiger charge is 2.41. The van der Waals surface area contributed by atoms with Gasteiger partial charge in [-0.3, -0.25) is 0 Å². The molecule has 0 heterocycles. The Kier molecular flexibility index (Phi) is 3.16. The van der Waals surface area contributed by atoms with Crippen molar-refractivity contribution in [1.82, 2.24) is 5.32 Å². The van der Waals surface area contributed by atoms with Crippen LogP contribution in [0.4, 0.5) is 0 Å². The summed E-state index contributed by atoms with van der Waals surface area (Å²) in [5.74, 6) is 2.90. The monoisotopic (exact) mass is 195 g/mol. The maximum absolute atomic E-state index is 3.89. The van der Waals surface area contributed by atoms with Crippen LogP contribution in [0.2, 0.25) is 0 Å². The fourth-order valence-corrected chi connectivity index (χ4v) is 2.39. The van der Waals surface area contributed by atoms with Gasteiger partial charge < -0.3 is 5.32 Å². The molecule has 14 heavy (non-hydrogen) atoms. The van der Waals surface area contributed by atoms with Gasteiger partial charge in [0.25, 0.3) is 0 Å². The van der Waals surface area contributed by atoms with Crippen LogP contribution in [0.5, 0.6) is 0 Å². The van der Waals surface area contributed by atoms with E-state index in [1.807, 2.05) is 0 Å². The Hall–Kier alpha value is -0.0400. The Bertz CT molecular complexity index is 170. The predicted molar refractivity (Wildman–Crippen MR) is 61.3 cm³/mol. The zero-order valence-corrected chi connectivity index (χ0v) is 9.92. The van der Waals surface area contributed by atoms with E-state index in [1.54, 1.807) is 0 Å². The fourth-order valence-electron chi connectivity index (χ4n) is 2.39. The molecule has 0 aromatic heterocycles. The maximum atomic E-state index is 3.89. The third-order valence-electron chi connectivity index (χ3n) is 4.21. The van der Waals surface area contributed by atoms with Gasteiger partial charge in [0, 0.05) is 12.1 Å². The Balaban J connectivity index is 1.80. The van der Waals surface area contributed by atoms with Crippen LogP contribution in [-0.2, 0) is 0 Å². The zero-order valence-electron chi connectivity index (χ0n) is 9.92. The van der Waals surface area contributed by atoms with Gasteiger partial charge in [0.1, 0.15) is 0 Å². The second kappa shape index (κ2) is 4.22. The summed E-state index contributed by atoms with van der Waals surface area (Å²) in [4.78, 5) is 0. The molecule has 2 aliphatic carbocycles. The van der Waals surface area contributed by atoms with E-state index in [0.29, 0.717) is 6.04 Å². The largest absolute Gasteiger partial charge is 0.311 e. The van der Waals surface area contributed by atoms with Crippen molar-refractivity contribution in [1.29, 1.82) is 0 Å². The van der Waals surface area contributed by atoms with Gasteiger partial charge in [-0.1, -0.05) is 20.3 Å². The molecule has 1 heteroatoms. The average molecular weight is 195 g/mol. The summed E-state index contributed by atoms with van der Waals surface area (Å²) in [5.41, 5.74) is 0. The Morgan fingerprint density at radius 3 is 1.93 bits per heavy atom. The molecule has 2 unspecified atom stereocenters. The van der Waals surface area contributed by atoms with Crippen LogP contribution in [0.3, 0.4) is 0 Å². The van der Waals surface area contributed by atoms with Gasteiger partial charge in [0.15, 0.2) is 0 Å². The molecule has 0 spiro atoms. The molecule has 2 atom stereocenters. The lowest BCUT2D eigenvalue weighted by Crippen LogP contribution is -2.42. The lowest BCUT2D eigenvalue weighted by atomic mass is 9.98. The SMILES string of the molecule is CCC(C)C(C)NC(C1CC1)C1CC1. The summed E-state index contributed by atoms with van der Waals surface area (Å²) in [5, 5.41) is 3.89. The third kappa shape index (κ3) is 2.50. The Morgan fingerprint density at radius 2 is 1.57 bits per heavy atom. The van der Waals surface area contributed by atoms with Crippen LogP contribution in [0, 0.1) is 17.8 Å². The molecule has 2 rings (SSSR count). The van der Waals surface area contributed by atoms with E-state index in [-0.39, 0.29) is 0 Å². The summed E-state index contributed by atoms with van der Waals surface area (Å²) < 4.78 is 0. The minimum absolute atomic E-state index is 0.714. The molecule has 0 amide bonds. The van der Waals surface area contributed by atoms with Crippen molar-refractivity contribution in [3.05, 3.63) is 0 Å². The van der Waals surface area contributed by atoms with Crippen LogP contribution in [-0.4, -0.2) is 12.1 Å². The van der Waals surface area contributed by atoms with E-state index < -0.39 is 0 Å². The summed E-state index contributed by atoms with van der Waals surface area (Å²) in [6.07, 6.45) is 7.25. The van der Waals surface area contributed by atoms with Crippen molar-refractivity contribution in [2.75, 3.05) is 0 Å². The number of rotatable bonds is 6. The van der Waals surface area contributed by atoms with Crippen LogP contribution in [0.1, 0.15) is 52.9 Å². The number of hydrogen-bond donors (Lipinski definition) is 1. The smallest absolute Gasteiger partial charge is 0.0126 e. The first kappa shape index (κ1) is 10.5. The molecule has 0 bridgehead atoms. The van der Waals surface area contributed by atoms with Crippen molar-refractivity contribution < 1.29 is 0 Å². The van der Waals surface area contributed by atoms with Gasteiger partial charge in [-0.05, 0) is 50.4 Å². The summed E-state index contributed by atoms with van der Waals surface area (Å²) >= 11 is 0. The molecular formula is C13H25N. The van der Waals surface area contributed by atoms with Gasteiger partial charge in [0.05, 0.1) is 0 Å². The quantitative estimate of drug-likeness (QED) is 0.686. The highest BCUT2D eigenvalue weighted by molar-refractivity contribution is 4.97. The number of hydrogen-bond acceptors (Lipinski definition) is 1. The molecule has 2 fully saturated rings. The van der Waals surface area contributed by atoms with Crippen molar-refractivity contribution in [3.63, 3.8) is 0 Å². The van der Waals surface area contributed by atoms with Gasteiger partial charge in [-0.25, -0.2) is 0 Å². The van der Waals surface area contributed by atoms with Crippen molar-refractivity contribution in [2.45, 2.75) is 65.0 Å². The molecule has 2 saturated carbocycles. The minimum atomic E-state index is 0.714. The van der Waals surface area contributed by atoms with Gasteiger partial charge in [-0.15, -0.1) is 0 Å². The molecule has 1 N–H and O–H groups in total. The van der Waals surface area contributed by atoms with Gasteiger partial charge in [-0.2, -0.15) is 0 Å². The summed E-state index contributed by atoms with van der Waals surface area (Å²) in [7, 11) is 0. The molecule has 0 radical (unpaired) electrons. The van der Waals surface area contributed by atoms with E-state index in [0.717, 1.165) is 23.8 Å². The minimum Gasteiger partial charge on any atom is -0.311 e. The fraction of sp³-hybridized carbons (Fsp3) is 1.00. The van der Waals surface area contributed by atoms with Crippen molar-refractivity contribution >= 4 is 0 Å². The van der Waals surface area contributed by atoms with Crippen molar-refractivity contribution in [2.24, 2.45) is 17.8 Å². The lowest BCUT2D eigenvalue weighted by molar-refractivity contribution is 0.309. The molecule has 0 aromatic carbocycles. The molecular weight excluding hydrogens is 170 g/mol. The van der Waals surface area contributed by atoms with E-state index in [2.05, 4.69) is 26.1 Å². The maximum Gasteiger partial charge on any atom is 0.0126 e. The third-order valence-corrected chi connectivity index (χ3v) is 4.21. The van der Waals surface area contributed by atoms with E-state index in [4.69, 9.17) is 0 Å². The van der Waals surface area contributed by atoms with Crippen LogP contribution >= 0.6 is 0 Å². The molecule has 0 aromatic rings. The first-order chi connectivity index (χ1) is 6.72. The molecule has 0 saturated heterocycles. The first-order valence-corrected chi connectivity index (χ1v) is 6.48. The lowest BCUT2D eigenvalue weighted by Gasteiger charge is -2.27. The van der Waals surface area contributed by atoms with E-state index >= 15 is 0 Å². The number of nitrogens with one attached hydrogen (secondary N) is 1. The van der Waals surface area contributed by atoms with Gasteiger partial charge >= 0.3 is 0 Å². The average Bonchev–Trinajstić information content (AvgIpc) is 3.04. The van der Waals surface area contributed by atoms with Crippen LogP contribution in [0.25, 0.3) is 0 Å². The Labute approximate surface area is 88.7 Å². The second-order valence-electron chi connectivity index (χ2n) is 5.54. The van der Waals surface area contributed by atoms with Gasteiger partial charge in [0.2, 0.25) is 0 Å². The second-order valence-corrected chi connectivity index (χ2v) is 5.54. The topological polar surface area (TPSA) is 12.0 Å². The highest BCUT2D eigenvalue weighted by atomic mass is 15.0. The Morgan fingerprint density at radius 1 is 1.07 bits per heavy atom. The normalized spacial score (nSPS) is 26.6. The van der Waals surface area contributed by atoms with Crippen LogP contribution < -0.4 is 5.32 Å². The van der Waals surface area contributed by atoms with E-state index in [9.17, 15) is 0 Å². The van der Waals surface area contributed by atoms with E-state index in [1.165, 1.54) is 32.1 Å². The molecule has 2 aliphatic rings. The summed E-state index contributed by atoms with van der Waals surface area (Å²) in [6.45, 7) is 7.03. The summed E-state index contributed by atoms with van der Waals surface area (Å²) in [6, 6.07) is 1.59. The zero-order chi connectivity index (χ0) is 10.1. The molecule has 0 aliphatic heterocycles. The molecule has 82 valence electrons. The standard InChI is InChI=1S/C13H25N/c1-4-9(2)10(3)14-13(11-5-6-11)12-7-8-12/h9-14H,4-8H2,1-3H3.